The summed E-state index contributed by atoms with van der Waals surface area (Å²) in [5, 5.41) is 11.5. The number of aromatic hydroxyl groups is 1. The smallest absolute Gasteiger partial charge is 0.417 e. The summed E-state index contributed by atoms with van der Waals surface area (Å²) in [6, 6.07) is 8.17. The van der Waals surface area contributed by atoms with Crippen molar-refractivity contribution in [3.8, 4) is 5.75 Å². The predicted octanol–water partition coefficient (Wildman–Crippen LogP) is 4.32. The molecule has 0 heterocycles. The summed E-state index contributed by atoms with van der Waals surface area (Å²) < 4.78 is 38.5. The van der Waals surface area contributed by atoms with Crippen molar-refractivity contribution in [2.24, 2.45) is 0 Å². The number of phenols is 1. The van der Waals surface area contributed by atoms with E-state index in [0.717, 1.165) is 12.1 Å². The molecule has 0 unspecified atom stereocenters. The zero-order valence-electron chi connectivity index (χ0n) is 10.4. The van der Waals surface area contributed by atoms with Crippen LogP contribution in [0.4, 0.5) is 18.9 Å². The van der Waals surface area contributed by atoms with Gasteiger partial charge in [-0.3, -0.25) is 4.79 Å². The molecule has 0 saturated heterocycles. The highest BCUT2D eigenvalue weighted by Gasteiger charge is 2.34. The van der Waals surface area contributed by atoms with E-state index >= 15 is 0 Å². The predicted molar refractivity (Wildman–Crippen MR) is 72.5 cm³/mol. The molecule has 2 N–H and O–H groups in total. The van der Waals surface area contributed by atoms with Crippen molar-refractivity contribution in [1.29, 1.82) is 0 Å². The van der Waals surface area contributed by atoms with Crippen LogP contribution in [0.5, 0.6) is 5.75 Å². The van der Waals surface area contributed by atoms with Crippen LogP contribution in [0.3, 0.4) is 0 Å². The number of halogens is 4. The average molecular weight is 316 g/mol. The van der Waals surface area contributed by atoms with Crippen LogP contribution in [-0.2, 0) is 6.18 Å². The van der Waals surface area contributed by atoms with E-state index in [-0.39, 0.29) is 16.5 Å². The Hall–Kier alpha value is -2.21. The Morgan fingerprint density at radius 3 is 2.43 bits per heavy atom. The Kier molecular flexibility index (Phi) is 4.09. The standard InChI is InChI=1S/C14H9ClF3NO2/c15-11-7-8(20)5-6-12(11)19-13(21)9-3-1-2-4-10(9)14(16,17)18/h1-7,20H,(H,19,21). The van der Waals surface area contributed by atoms with E-state index in [1.54, 1.807) is 0 Å². The molecule has 0 bridgehead atoms. The third kappa shape index (κ3) is 3.46. The van der Waals surface area contributed by atoms with Crippen molar-refractivity contribution < 1.29 is 23.1 Å². The Balaban J connectivity index is 2.33. The maximum atomic E-state index is 12.8. The van der Waals surface area contributed by atoms with Crippen LogP contribution >= 0.6 is 11.6 Å². The van der Waals surface area contributed by atoms with E-state index in [1.165, 1.54) is 30.3 Å². The zero-order valence-corrected chi connectivity index (χ0v) is 11.2. The van der Waals surface area contributed by atoms with Gasteiger partial charge in [0.05, 0.1) is 21.8 Å². The zero-order chi connectivity index (χ0) is 15.6. The van der Waals surface area contributed by atoms with Gasteiger partial charge in [-0.05, 0) is 24.3 Å². The van der Waals surface area contributed by atoms with Gasteiger partial charge in [0, 0.05) is 6.07 Å². The number of anilines is 1. The molecular formula is C14H9ClF3NO2. The molecule has 7 heteroatoms. The lowest BCUT2D eigenvalue weighted by Crippen LogP contribution is -2.18. The highest BCUT2D eigenvalue weighted by atomic mass is 35.5. The number of benzene rings is 2. The van der Waals surface area contributed by atoms with Gasteiger partial charge in [0.1, 0.15) is 5.75 Å². The van der Waals surface area contributed by atoms with Crippen molar-refractivity contribution in [1.82, 2.24) is 0 Å². The van der Waals surface area contributed by atoms with E-state index in [1.807, 2.05) is 0 Å². The fourth-order valence-electron chi connectivity index (χ4n) is 1.72. The van der Waals surface area contributed by atoms with Gasteiger partial charge in [0.2, 0.25) is 0 Å². The van der Waals surface area contributed by atoms with E-state index in [9.17, 15) is 23.1 Å². The van der Waals surface area contributed by atoms with Gasteiger partial charge in [-0.2, -0.15) is 13.2 Å². The minimum absolute atomic E-state index is 0.0211. The minimum atomic E-state index is -4.63. The van der Waals surface area contributed by atoms with Crippen LogP contribution in [0.25, 0.3) is 0 Å². The molecule has 2 aromatic rings. The number of amides is 1. The normalized spacial score (nSPS) is 11.2. The number of carbonyl (C=O) groups is 1. The van der Waals surface area contributed by atoms with E-state index < -0.39 is 23.2 Å². The molecule has 3 nitrogen and oxygen atoms in total. The summed E-state index contributed by atoms with van der Waals surface area (Å²) in [5.41, 5.74) is -1.43. The third-order valence-corrected chi connectivity index (χ3v) is 2.99. The highest BCUT2D eigenvalue weighted by molar-refractivity contribution is 6.34. The summed E-state index contributed by atoms with van der Waals surface area (Å²) in [4.78, 5) is 12.0. The molecule has 1 amide bonds. The van der Waals surface area contributed by atoms with Crippen molar-refractivity contribution >= 4 is 23.2 Å². The molecule has 0 radical (unpaired) electrons. The molecular weight excluding hydrogens is 307 g/mol. The molecule has 0 aromatic heterocycles. The minimum Gasteiger partial charge on any atom is -0.508 e. The molecule has 2 aromatic carbocycles. The van der Waals surface area contributed by atoms with E-state index in [4.69, 9.17) is 11.6 Å². The molecule has 0 aliphatic heterocycles. The molecule has 110 valence electrons. The summed E-state index contributed by atoms with van der Waals surface area (Å²) in [7, 11) is 0. The third-order valence-electron chi connectivity index (χ3n) is 2.68. The van der Waals surface area contributed by atoms with Crippen LogP contribution in [0, 0.1) is 0 Å². The van der Waals surface area contributed by atoms with E-state index in [0.29, 0.717) is 0 Å². The second-order valence-electron chi connectivity index (χ2n) is 4.16. The van der Waals surface area contributed by atoms with Gasteiger partial charge >= 0.3 is 6.18 Å². The summed E-state index contributed by atoms with van der Waals surface area (Å²) in [5.74, 6) is -1.05. The monoisotopic (exact) mass is 315 g/mol. The van der Waals surface area contributed by atoms with Crippen LogP contribution in [0.1, 0.15) is 15.9 Å². The molecule has 0 fully saturated rings. The Labute approximate surface area is 123 Å². The molecule has 2 rings (SSSR count). The number of phenolic OH excluding ortho intramolecular Hbond substituents is 1. The number of alkyl halides is 3. The van der Waals surface area contributed by atoms with Gasteiger partial charge in [-0.15, -0.1) is 0 Å². The number of carbonyl (C=O) groups excluding carboxylic acids is 1. The van der Waals surface area contributed by atoms with Crippen LogP contribution in [0.15, 0.2) is 42.5 Å². The van der Waals surface area contributed by atoms with Gasteiger partial charge in [0.15, 0.2) is 0 Å². The summed E-state index contributed by atoms with van der Waals surface area (Å²) >= 11 is 5.79. The quantitative estimate of drug-likeness (QED) is 0.811. The van der Waals surface area contributed by atoms with Crippen molar-refractivity contribution in [3.63, 3.8) is 0 Å². The van der Waals surface area contributed by atoms with Crippen molar-refractivity contribution in [3.05, 3.63) is 58.6 Å². The van der Waals surface area contributed by atoms with Crippen LogP contribution < -0.4 is 5.32 Å². The Bertz CT molecular complexity index is 686. The van der Waals surface area contributed by atoms with Crippen molar-refractivity contribution in [2.75, 3.05) is 5.32 Å². The van der Waals surface area contributed by atoms with Gasteiger partial charge in [-0.25, -0.2) is 0 Å². The van der Waals surface area contributed by atoms with Crippen molar-refractivity contribution in [2.45, 2.75) is 6.18 Å². The van der Waals surface area contributed by atoms with Gasteiger partial charge < -0.3 is 10.4 Å². The lowest BCUT2D eigenvalue weighted by Gasteiger charge is -2.13. The fraction of sp³-hybridized carbons (Fsp3) is 0.0714. The Morgan fingerprint density at radius 2 is 1.81 bits per heavy atom. The number of hydrogen-bond donors (Lipinski definition) is 2. The number of hydrogen-bond acceptors (Lipinski definition) is 2. The fourth-order valence-corrected chi connectivity index (χ4v) is 1.95. The second kappa shape index (κ2) is 5.65. The molecule has 0 aliphatic rings. The first-order valence-corrected chi connectivity index (χ1v) is 6.13. The lowest BCUT2D eigenvalue weighted by molar-refractivity contribution is -0.137. The topological polar surface area (TPSA) is 49.3 Å². The first kappa shape index (κ1) is 15.2. The second-order valence-corrected chi connectivity index (χ2v) is 4.57. The lowest BCUT2D eigenvalue weighted by atomic mass is 10.1. The largest absolute Gasteiger partial charge is 0.508 e. The maximum absolute atomic E-state index is 12.8. The SMILES string of the molecule is O=C(Nc1ccc(O)cc1Cl)c1ccccc1C(F)(F)F. The maximum Gasteiger partial charge on any atom is 0.417 e. The van der Waals surface area contributed by atoms with Crippen LogP contribution in [-0.4, -0.2) is 11.0 Å². The van der Waals surface area contributed by atoms with E-state index in [2.05, 4.69) is 5.32 Å². The first-order valence-electron chi connectivity index (χ1n) is 5.75. The number of nitrogens with one attached hydrogen (secondary N) is 1. The molecule has 0 aliphatic carbocycles. The van der Waals surface area contributed by atoms with Crippen LogP contribution in [0.2, 0.25) is 5.02 Å². The Morgan fingerprint density at radius 1 is 1.14 bits per heavy atom. The average Bonchev–Trinajstić information content (AvgIpc) is 2.41. The molecule has 0 saturated carbocycles. The first-order chi connectivity index (χ1) is 9.79. The van der Waals surface area contributed by atoms with Gasteiger partial charge in [0.25, 0.3) is 5.91 Å². The summed E-state index contributed by atoms with van der Waals surface area (Å²) in [6.07, 6.45) is -4.63. The van der Waals surface area contributed by atoms with Gasteiger partial charge in [-0.1, -0.05) is 23.7 Å². The molecule has 0 atom stereocenters. The number of rotatable bonds is 2. The molecule has 0 spiro atoms. The summed E-state index contributed by atoms with van der Waals surface area (Å²) in [6.45, 7) is 0. The highest BCUT2D eigenvalue weighted by Crippen LogP contribution is 2.33. The molecule has 21 heavy (non-hydrogen) atoms.